The molecule has 0 aromatic carbocycles. The van der Waals surface area contributed by atoms with E-state index in [9.17, 15) is 24.6 Å². The number of methoxy groups -OCH3 is 1. The van der Waals surface area contributed by atoms with Crippen LogP contribution >= 0.6 is 0 Å². The first-order chi connectivity index (χ1) is 11.2. The molecule has 0 aromatic rings. The van der Waals surface area contributed by atoms with Gasteiger partial charge in [-0.1, -0.05) is 0 Å². The van der Waals surface area contributed by atoms with E-state index in [1.807, 2.05) is 0 Å². The van der Waals surface area contributed by atoms with Gasteiger partial charge in [0.2, 0.25) is 0 Å². The third kappa shape index (κ3) is 2.06. The van der Waals surface area contributed by atoms with E-state index in [-0.39, 0.29) is 6.42 Å². The summed E-state index contributed by atoms with van der Waals surface area (Å²) >= 11 is 0. The molecular formula is C16H20O8. The summed E-state index contributed by atoms with van der Waals surface area (Å²) in [6, 6.07) is 0. The van der Waals surface area contributed by atoms with E-state index in [2.05, 4.69) is 4.74 Å². The number of carbonyl (C=O) groups excluding carboxylic acids is 3. The molecule has 0 saturated carbocycles. The fourth-order valence-electron chi connectivity index (χ4n) is 3.70. The van der Waals surface area contributed by atoms with Gasteiger partial charge < -0.3 is 24.4 Å². The summed E-state index contributed by atoms with van der Waals surface area (Å²) in [6.45, 7) is 2.97. The molecule has 2 N–H and O–H groups in total. The number of carbonyl (C=O) groups is 3. The molecule has 0 aromatic heterocycles. The zero-order valence-corrected chi connectivity index (χ0v) is 13.6. The van der Waals surface area contributed by atoms with Crippen LogP contribution < -0.4 is 0 Å². The topological polar surface area (TPSA) is 119 Å². The van der Waals surface area contributed by atoms with Crippen molar-refractivity contribution in [2.24, 2.45) is 5.92 Å². The average Bonchev–Trinajstić information content (AvgIpc) is 2.82. The lowest BCUT2D eigenvalue weighted by Gasteiger charge is -2.43. The molecule has 8 heteroatoms. The van der Waals surface area contributed by atoms with E-state index < -0.39 is 53.2 Å². The summed E-state index contributed by atoms with van der Waals surface area (Å²) in [6.07, 6.45) is -1.57. The van der Waals surface area contributed by atoms with Gasteiger partial charge in [-0.15, -0.1) is 0 Å². The maximum atomic E-state index is 12.7. The predicted molar refractivity (Wildman–Crippen MR) is 77.6 cm³/mol. The molecule has 0 amide bonds. The highest BCUT2D eigenvalue weighted by Gasteiger charge is 2.69. The molecule has 6 atom stereocenters. The number of hydrogen-bond acceptors (Lipinski definition) is 8. The molecule has 3 rings (SSSR count). The lowest BCUT2D eigenvalue weighted by molar-refractivity contribution is -0.200. The van der Waals surface area contributed by atoms with Gasteiger partial charge in [-0.3, -0.25) is 9.59 Å². The number of fused-ring (bicyclic) bond motifs is 1. The fraction of sp³-hybridized carbons (Fsp3) is 0.688. The van der Waals surface area contributed by atoms with Gasteiger partial charge in [-0.05, 0) is 38.3 Å². The van der Waals surface area contributed by atoms with Gasteiger partial charge >= 0.3 is 11.9 Å². The van der Waals surface area contributed by atoms with E-state index in [0.717, 1.165) is 7.11 Å². The fourth-order valence-corrected chi connectivity index (χ4v) is 3.70. The van der Waals surface area contributed by atoms with Gasteiger partial charge in [-0.25, -0.2) is 4.79 Å². The lowest BCUT2D eigenvalue weighted by Crippen LogP contribution is -2.64. The van der Waals surface area contributed by atoms with Crippen LogP contribution in [0.2, 0.25) is 0 Å². The number of esters is 2. The van der Waals surface area contributed by atoms with E-state index in [0.29, 0.717) is 12.0 Å². The Labute approximate surface area is 138 Å². The molecule has 3 aliphatic heterocycles. The summed E-state index contributed by atoms with van der Waals surface area (Å²) in [7, 11) is 1.13. The minimum atomic E-state index is -2.39. The molecule has 3 aliphatic rings. The highest BCUT2D eigenvalue weighted by Crippen LogP contribution is 2.46. The normalized spacial score (nSPS) is 44.7. The van der Waals surface area contributed by atoms with Crippen LogP contribution in [0, 0.1) is 5.92 Å². The third-order valence-corrected chi connectivity index (χ3v) is 5.34. The van der Waals surface area contributed by atoms with E-state index >= 15 is 0 Å². The number of rotatable bonds is 2. The van der Waals surface area contributed by atoms with Crippen LogP contribution in [0.15, 0.2) is 11.6 Å². The first kappa shape index (κ1) is 17.1. The Morgan fingerprint density at radius 3 is 2.67 bits per heavy atom. The molecule has 2 bridgehead atoms. The molecule has 0 radical (unpaired) electrons. The van der Waals surface area contributed by atoms with Gasteiger partial charge in [0.05, 0.1) is 19.1 Å². The second-order valence-corrected chi connectivity index (χ2v) is 6.66. The molecule has 132 valence electrons. The van der Waals surface area contributed by atoms with Crippen molar-refractivity contribution in [3.05, 3.63) is 11.6 Å². The Morgan fingerprint density at radius 2 is 2.04 bits per heavy atom. The molecule has 2 fully saturated rings. The SMILES string of the molecule is COC(=O)[C@@H](C)[C@@]1(O)C(=O)/C=C(/C)[C@H]2CC[C@@]3(O)C(=O)O[C@@H]1[C@@H]3O2. The minimum absolute atomic E-state index is 0.0831. The molecular weight excluding hydrogens is 320 g/mol. The first-order valence-electron chi connectivity index (χ1n) is 7.78. The number of hydrogen-bond donors (Lipinski definition) is 2. The summed E-state index contributed by atoms with van der Waals surface area (Å²) in [5, 5.41) is 21.7. The quantitative estimate of drug-likeness (QED) is 0.631. The summed E-state index contributed by atoms with van der Waals surface area (Å²) in [5.41, 5.74) is -3.78. The maximum absolute atomic E-state index is 12.7. The first-order valence-corrected chi connectivity index (χ1v) is 7.78. The Hall–Kier alpha value is -1.77. The van der Waals surface area contributed by atoms with Crippen LogP contribution in [0.1, 0.15) is 26.7 Å². The van der Waals surface area contributed by atoms with Crippen LogP contribution in [0.3, 0.4) is 0 Å². The van der Waals surface area contributed by atoms with E-state index in [1.165, 1.54) is 13.0 Å². The van der Waals surface area contributed by atoms with Crippen LogP contribution in [-0.2, 0) is 28.6 Å². The van der Waals surface area contributed by atoms with Crippen LogP contribution in [0.25, 0.3) is 0 Å². The summed E-state index contributed by atoms with van der Waals surface area (Å²) in [4.78, 5) is 36.9. The third-order valence-electron chi connectivity index (χ3n) is 5.34. The lowest BCUT2D eigenvalue weighted by atomic mass is 9.72. The molecule has 0 spiro atoms. The highest BCUT2D eigenvalue weighted by molar-refractivity contribution is 6.02. The average molecular weight is 340 g/mol. The maximum Gasteiger partial charge on any atom is 0.341 e. The van der Waals surface area contributed by atoms with Gasteiger partial charge in [0.15, 0.2) is 23.1 Å². The largest absolute Gasteiger partial charge is 0.469 e. The molecule has 8 nitrogen and oxygen atoms in total. The summed E-state index contributed by atoms with van der Waals surface area (Å²) in [5.74, 6) is -3.89. The number of ether oxygens (including phenoxy) is 3. The Kier molecular flexibility index (Phi) is 3.82. The molecule has 2 saturated heterocycles. The molecule has 3 heterocycles. The molecule has 24 heavy (non-hydrogen) atoms. The minimum Gasteiger partial charge on any atom is -0.469 e. The zero-order valence-electron chi connectivity index (χ0n) is 13.6. The van der Waals surface area contributed by atoms with Crippen molar-refractivity contribution in [3.63, 3.8) is 0 Å². The smallest absolute Gasteiger partial charge is 0.341 e. The van der Waals surface area contributed by atoms with Gasteiger partial charge in [0, 0.05) is 0 Å². The Bertz CT molecular complexity index is 640. The van der Waals surface area contributed by atoms with Crippen molar-refractivity contribution in [1.82, 2.24) is 0 Å². The van der Waals surface area contributed by atoms with Crippen molar-refractivity contribution in [1.29, 1.82) is 0 Å². The summed E-state index contributed by atoms with van der Waals surface area (Å²) < 4.78 is 15.6. The van der Waals surface area contributed by atoms with Crippen molar-refractivity contribution in [3.8, 4) is 0 Å². The van der Waals surface area contributed by atoms with Gasteiger partial charge in [0.1, 0.15) is 6.10 Å². The van der Waals surface area contributed by atoms with Crippen LogP contribution in [0.5, 0.6) is 0 Å². The Balaban J connectivity index is 2.16. The second kappa shape index (κ2) is 5.37. The van der Waals surface area contributed by atoms with E-state index in [4.69, 9.17) is 9.47 Å². The van der Waals surface area contributed by atoms with Crippen LogP contribution in [0.4, 0.5) is 0 Å². The van der Waals surface area contributed by atoms with Gasteiger partial charge in [-0.2, -0.15) is 0 Å². The number of ketones is 1. The van der Waals surface area contributed by atoms with Crippen molar-refractivity contribution >= 4 is 17.7 Å². The number of aliphatic hydroxyl groups is 2. The second-order valence-electron chi connectivity index (χ2n) is 6.66. The predicted octanol–water partition coefficient (Wildman–Crippen LogP) is -0.740. The highest BCUT2D eigenvalue weighted by atomic mass is 16.6. The zero-order chi connectivity index (χ0) is 17.9. The monoisotopic (exact) mass is 340 g/mol. The van der Waals surface area contributed by atoms with Crippen LogP contribution in [-0.4, -0.2) is 64.6 Å². The van der Waals surface area contributed by atoms with Gasteiger partial charge in [0.25, 0.3) is 0 Å². The molecule has 0 aliphatic carbocycles. The van der Waals surface area contributed by atoms with Crippen molar-refractivity contribution < 1.29 is 38.8 Å². The standard InChI is InChI=1S/C16H20O8/c1-7-6-10(17)16(21,8(2)13(18)22-3)12-11-15(20,14(19)24-12)5-4-9(7)23-11/h6,8-9,11-12,20-21H,4-5H2,1-3H3/b7-6-/t8-,9-,11+,12-,15+,16-/m1/s1. The Morgan fingerprint density at radius 1 is 1.38 bits per heavy atom. The molecule has 0 unspecified atom stereocenters. The van der Waals surface area contributed by atoms with Crippen molar-refractivity contribution in [2.75, 3.05) is 7.11 Å². The van der Waals surface area contributed by atoms with E-state index in [1.54, 1.807) is 6.92 Å². The van der Waals surface area contributed by atoms with Crippen molar-refractivity contribution in [2.45, 2.75) is 56.2 Å².